The van der Waals surface area contributed by atoms with Gasteiger partial charge in [-0.3, -0.25) is 0 Å². The molecule has 11 nitrogen and oxygen atoms in total. The zero-order valence-corrected chi connectivity index (χ0v) is 8.18. The van der Waals surface area contributed by atoms with E-state index in [9.17, 15) is 9.59 Å². The monoisotopic (exact) mass is 257 g/mol. The van der Waals surface area contributed by atoms with Crippen LogP contribution in [-0.2, 0) is 19.2 Å². The fraction of sp³-hybridized carbons (Fsp3) is 0.333. The molecule has 0 fully saturated rings. The molecule has 11 heteroatoms. The maximum absolute atomic E-state index is 9.77. The largest absolute Gasteiger partial charge is 0.479 e. The highest BCUT2D eigenvalue weighted by Crippen LogP contribution is 1.92. The van der Waals surface area contributed by atoms with Gasteiger partial charge in [0.2, 0.25) is 0 Å². The maximum atomic E-state index is 9.77. The molecule has 2 atom stereocenters. The summed E-state index contributed by atoms with van der Waals surface area (Å²) in [6.07, 6.45) is -4.53. The topological polar surface area (TPSA) is 225 Å². The Kier molecular flexibility index (Phi) is 10.7. The number of aliphatic hydroxyl groups is 2. The van der Waals surface area contributed by atoms with Crippen LogP contribution < -0.4 is 6.15 Å². The normalized spacial score (nSPS) is 11.9. The van der Waals surface area contributed by atoms with E-state index in [-0.39, 0.29) is 6.15 Å². The van der Waals surface area contributed by atoms with E-state index in [1.165, 1.54) is 0 Å². The average molecular weight is 257 g/mol. The second-order valence-electron chi connectivity index (χ2n) is 2.18. The predicted octanol–water partition coefficient (Wildman–Crippen LogP) is -2.80. The molecule has 9 N–H and O–H groups in total. The van der Waals surface area contributed by atoms with E-state index in [1.807, 2.05) is 0 Å². The molecule has 0 aromatic heterocycles. The highest BCUT2D eigenvalue weighted by Gasteiger charge is 2.29. The fourth-order valence-electron chi connectivity index (χ4n) is 0.270. The van der Waals surface area contributed by atoms with Gasteiger partial charge >= 0.3 is 23.9 Å². The summed E-state index contributed by atoms with van der Waals surface area (Å²) in [4.78, 5) is 37.7. The summed E-state index contributed by atoms with van der Waals surface area (Å²) in [6, 6.07) is 0. The molecule has 0 aromatic carbocycles. The SMILES string of the molecule is N.O=C(O)C(=O)O.O=C(O)C(O)C(O)C(=O)O. The van der Waals surface area contributed by atoms with Gasteiger partial charge in [-0.05, 0) is 0 Å². The molecule has 0 aliphatic rings. The Morgan fingerprint density at radius 1 is 0.647 bits per heavy atom. The lowest BCUT2D eigenvalue weighted by Crippen LogP contribution is -2.39. The van der Waals surface area contributed by atoms with Crippen LogP contribution in [0, 0.1) is 0 Å². The Morgan fingerprint density at radius 2 is 0.824 bits per heavy atom. The lowest BCUT2D eigenvalue weighted by Gasteiger charge is -2.07. The van der Waals surface area contributed by atoms with Crippen molar-refractivity contribution in [1.82, 2.24) is 6.15 Å². The van der Waals surface area contributed by atoms with Gasteiger partial charge in [-0.1, -0.05) is 0 Å². The van der Waals surface area contributed by atoms with Crippen molar-refractivity contribution in [1.29, 1.82) is 0 Å². The first-order valence-electron chi connectivity index (χ1n) is 3.39. The van der Waals surface area contributed by atoms with Crippen molar-refractivity contribution in [3.05, 3.63) is 0 Å². The van der Waals surface area contributed by atoms with Crippen LogP contribution >= 0.6 is 0 Å². The summed E-state index contributed by atoms with van der Waals surface area (Å²) in [5.41, 5.74) is 0. The van der Waals surface area contributed by atoms with Crippen LogP contribution in [0.25, 0.3) is 0 Å². The summed E-state index contributed by atoms with van der Waals surface area (Å²) < 4.78 is 0. The van der Waals surface area contributed by atoms with Gasteiger partial charge in [-0.2, -0.15) is 0 Å². The Bertz CT molecular complexity index is 269. The third kappa shape index (κ3) is 10.1. The van der Waals surface area contributed by atoms with E-state index in [1.54, 1.807) is 0 Å². The number of rotatable bonds is 3. The lowest BCUT2D eigenvalue weighted by molar-refractivity contribution is -0.165. The molecule has 0 saturated heterocycles. The minimum Gasteiger partial charge on any atom is -0.479 e. The highest BCUT2D eigenvalue weighted by atomic mass is 16.4. The molecule has 0 amide bonds. The lowest BCUT2D eigenvalue weighted by atomic mass is 10.2. The number of hydrogen-bond acceptors (Lipinski definition) is 7. The highest BCUT2D eigenvalue weighted by molar-refractivity contribution is 6.27. The van der Waals surface area contributed by atoms with Gasteiger partial charge in [0, 0.05) is 0 Å². The molecule has 0 aliphatic heterocycles. The van der Waals surface area contributed by atoms with E-state index in [0.29, 0.717) is 0 Å². The molecule has 0 radical (unpaired) electrons. The van der Waals surface area contributed by atoms with E-state index >= 15 is 0 Å². The summed E-state index contributed by atoms with van der Waals surface area (Å²) >= 11 is 0. The molecule has 0 aliphatic carbocycles. The number of carbonyl (C=O) groups is 4. The van der Waals surface area contributed by atoms with Gasteiger partial charge in [0.15, 0.2) is 12.2 Å². The van der Waals surface area contributed by atoms with E-state index in [4.69, 9.17) is 40.2 Å². The van der Waals surface area contributed by atoms with Gasteiger partial charge in [-0.15, -0.1) is 0 Å². The Labute approximate surface area is 93.1 Å². The fourth-order valence-corrected chi connectivity index (χ4v) is 0.270. The Balaban J connectivity index is -0.000000244. The Morgan fingerprint density at radius 3 is 0.882 bits per heavy atom. The molecule has 0 bridgehead atoms. The molecule has 100 valence electrons. The van der Waals surface area contributed by atoms with Crippen LogP contribution in [0.4, 0.5) is 0 Å². The number of carboxylic acids is 4. The minimum atomic E-state index is -2.27. The van der Waals surface area contributed by atoms with E-state index in [0.717, 1.165) is 0 Å². The first-order valence-corrected chi connectivity index (χ1v) is 3.39. The van der Waals surface area contributed by atoms with Gasteiger partial charge in [-0.25, -0.2) is 19.2 Å². The molecule has 2 unspecified atom stereocenters. The molecule has 0 rings (SSSR count). The van der Waals surface area contributed by atoms with Gasteiger partial charge in [0.05, 0.1) is 0 Å². The van der Waals surface area contributed by atoms with Crippen molar-refractivity contribution in [3.63, 3.8) is 0 Å². The standard InChI is InChI=1S/C4H6O6.C2H2O4.H3N/c5-1(3(7)8)2(6)4(9)10;3-1(4)2(5)6;/h1-2,5-6H,(H,7,8)(H,9,10);(H,3,4)(H,5,6);1H3. The van der Waals surface area contributed by atoms with Crippen molar-refractivity contribution in [2.24, 2.45) is 0 Å². The van der Waals surface area contributed by atoms with Crippen LogP contribution in [0.15, 0.2) is 0 Å². The van der Waals surface area contributed by atoms with E-state index < -0.39 is 36.1 Å². The zero-order chi connectivity index (χ0) is 13.5. The Hall–Kier alpha value is -2.24. The second-order valence-corrected chi connectivity index (χ2v) is 2.18. The van der Waals surface area contributed by atoms with Crippen molar-refractivity contribution in [2.75, 3.05) is 0 Å². The second kappa shape index (κ2) is 9.02. The van der Waals surface area contributed by atoms with Crippen LogP contribution in [0.3, 0.4) is 0 Å². The van der Waals surface area contributed by atoms with E-state index in [2.05, 4.69) is 0 Å². The van der Waals surface area contributed by atoms with Gasteiger partial charge in [0.1, 0.15) is 0 Å². The summed E-state index contributed by atoms with van der Waals surface area (Å²) in [5, 5.41) is 47.3. The average Bonchev–Trinajstić information content (AvgIpc) is 2.15. The van der Waals surface area contributed by atoms with Crippen molar-refractivity contribution < 1.29 is 49.8 Å². The molecule has 0 heterocycles. The van der Waals surface area contributed by atoms with Crippen molar-refractivity contribution >= 4 is 23.9 Å². The molecular weight excluding hydrogens is 246 g/mol. The van der Waals surface area contributed by atoms with Gasteiger partial charge in [0.25, 0.3) is 0 Å². The number of aliphatic carboxylic acids is 4. The maximum Gasteiger partial charge on any atom is 0.414 e. The van der Waals surface area contributed by atoms with Gasteiger partial charge < -0.3 is 36.8 Å². The molecule has 0 aromatic rings. The van der Waals surface area contributed by atoms with Crippen LogP contribution in [0.5, 0.6) is 0 Å². The molecule has 0 spiro atoms. The molecular formula is C6H11NO10. The third-order valence-electron chi connectivity index (χ3n) is 0.988. The predicted molar refractivity (Wildman–Crippen MR) is 47.6 cm³/mol. The number of carboxylic acid groups (broad SMARTS) is 4. The van der Waals surface area contributed by atoms with Crippen molar-refractivity contribution in [2.45, 2.75) is 12.2 Å². The van der Waals surface area contributed by atoms with Crippen LogP contribution in [-0.4, -0.2) is 66.7 Å². The van der Waals surface area contributed by atoms with Crippen molar-refractivity contribution in [3.8, 4) is 0 Å². The summed E-state index contributed by atoms with van der Waals surface area (Å²) in [7, 11) is 0. The zero-order valence-electron chi connectivity index (χ0n) is 8.18. The number of hydrogen-bond donors (Lipinski definition) is 7. The van der Waals surface area contributed by atoms with Crippen LogP contribution in [0.1, 0.15) is 0 Å². The first kappa shape index (κ1) is 20.2. The first-order chi connectivity index (χ1) is 7.11. The third-order valence-corrected chi connectivity index (χ3v) is 0.988. The number of aliphatic hydroxyl groups excluding tert-OH is 2. The summed E-state index contributed by atoms with van der Waals surface area (Å²) in [5.74, 6) is -7.19. The quantitative estimate of drug-likeness (QED) is 0.255. The van der Waals surface area contributed by atoms with Crippen LogP contribution in [0.2, 0.25) is 0 Å². The molecule has 0 saturated carbocycles. The smallest absolute Gasteiger partial charge is 0.414 e. The molecule has 17 heavy (non-hydrogen) atoms. The summed E-state index contributed by atoms with van der Waals surface area (Å²) in [6.45, 7) is 0. The minimum absolute atomic E-state index is 0.